The van der Waals surface area contributed by atoms with Crippen molar-refractivity contribution in [2.75, 3.05) is 17.7 Å². The van der Waals surface area contributed by atoms with Crippen molar-refractivity contribution in [1.29, 1.82) is 0 Å². The van der Waals surface area contributed by atoms with Crippen molar-refractivity contribution in [2.24, 2.45) is 0 Å². The van der Waals surface area contributed by atoms with Gasteiger partial charge >= 0.3 is 17.1 Å². The second kappa shape index (κ2) is 14.8. The molecule has 0 spiro atoms. The molecule has 55 heavy (non-hydrogen) atoms. The maximum atomic E-state index is 7.47. The van der Waals surface area contributed by atoms with E-state index < -0.39 is 23.3 Å². The highest BCUT2D eigenvalue weighted by molar-refractivity contribution is 6.84. The van der Waals surface area contributed by atoms with Gasteiger partial charge in [0, 0.05) is 12.1 Å². The highest BCUT2D eigenvalue weighted by Crippen LogP contribution is 2.49. The van der Waals surface area contributed by atoms with E-state index in [0.29, 0.717) is 42.6 Å². The lowest BCUT2D eigenvalue weighted by atomic mass is 10.1. The molecule has 11 nitrogen and oxygen atoms in total. The van der Waals surface area contributed by atoms with Crippen molar-refractivity contribution in [3.63, 3.8) is 0 Å². The molecule has 0 amide bonds. The van der Waals surface area contributed by atoms with E-state index >= 15 is 0 Å². The van der Waals surface area contributed by atoms with Crippen LogP contribution in [-0.4, -0.2) is 55.5 Å². The zero-order valence-electron chi connectivity index (χ0n) is 33.2. The molecule has 0 saturated carbocycles. The molecule has 8 rings (SSSR count). The first-order valence-corrected chi connectivity index (χ1v) is 23.7. The summed E-state index contributed by atoms with van der Waals surface area (Å²) in [7, 11) is -5.60. The molecule has 3 aromatic carbocycles. The number of nitrogen functional groups attached to an aromatic ring is 1. The number of aromatic nitrogens is 4. The second-order valence-corrected chi connectivity index (χ2v) is 25.3. The summed E-state index contributed by atoms with van der Waals surface area (Å²) in [6, 6.07) is 25.0. The van der Waals surface area contributed by atoms with E-state index in [1.807, 2.05) is 34.9 Å². The number of benzene rings is 3. The van der Waals surface area contributed by atoms with Crippen LogP contribution >= 0.6 is 0 Å². The quantitative estimate of drug-likeness (QED) is 0.130. The third-order valence-electron chi connectivity index (χ3n) is 11.6. The van der Waals surface area contributed by atoms with Crippen LogP contribution in [0.1, 0.15) is 84.7 Å². The molecule has 13 heteroatoms. The van der Waals surface area contributed by atoms with Crippen LogP contribution in [0.2, 0.25) is 22.2 Å². The number of rotatable bonds is 10. The van der Waals surface area contributed by atoms with Crippen molar-refractivity contribution in [3.05, 3.63) is 89.5 Å². The van der Waals surface area contributed by atoms with E-state index in [1.54, 1.807) is 0 Å². The lowest BCUT2D eigenvalue weighted by Crippen LogP contribution is -2.65. The number of anilines is 3. The zero-order chi connectivity index (χ0) is 38.6. The molecule has 0 unspecified atom stereocenters. The number of hydrogen-bond acceptors (Lipinski definition) is 10. The molecule has 5 aromatic rings. The lowest BCUT2D eigenvalue weighted by molar-refractivity contribution is -0.0539. The van der Waals surface area contributed by atoms with Crippen LogP contribution in [0.4, 0.5) is 17.6 Å². The van der Waals surface area contributed by atoms with Crippen molar-refractivity contribution >= 4 is 45.9 Å². The Bertz CT molecular complexity index is 2160. The highest BCUT2D eigenvalue weighted by Gasteiger charge is 2.60. The fourth-order valence-electron chi connectivity index (χ4n) is 8.80. The first-order chi connectivity index (χ1) is 26.4. The smallest absolute Gasteiger partial charge is 0.335 e. The molecular weight excluding hydrogens is 725 g/mol. The van der Waals surface area contributed by atoms with Gasteiger partial charge in [-0.15, -0.1) is 0 Å². The van der Waals surface area contributed by atoms with Gasteiger partial charge in [0.05, 0.1) is 12.7 Å². The summed E-state index contributed by atoms with van der Waals surface area (Å²) in [6.07, 6.45) is 0.344. The van der Waals surface area contributed by atoms with Crippen LogP contribution < -0.4 is 15.8 Å². The van der Waals surface area contributed by atoms with Crippen LogP contribution in [0.5, 0.6) is 5.88 Å². The fourth-order valence-corrected chi connectivity index (χ4v) is 20.0. The Hall–Kier alpha value is -4.12. The predicted octanol–water partition coefficient (Wildman–Crippen LogP) is 9.55. The molecule has 2 saturated heterocycles. The van der Waals surface area contributed by atoms with Gasteiger partial charge in [0.2, 0.25) is 17.8 Å². The Morgan fingerprint density at radius 2 is 1.49 bits per heavy atom. The molecule has 1 aliphatic carbocycles. The maximum Gasteiger partial charge on any atom is 0.335 e. The summed E-state index contributed by atoms with van der Waals surface area (Å²) >= 11 is 0. The molecule has 0 radical (unpaired) electrons. The molecule has 3 N–H and O–H groups in total. The van der Waals surface area contributed by atoms with Gasteiger partial charge in [0.15, 0.2) is 11.2 Å². The van der Waals surface area contributed by atoms with Gasteiger partial charge in [-0.25, -0.2) is 4.98 Å². The normalized spacial score (nSPS) is 21.5. The average molecular weight is 779 g/mol. The summed E-state index contributed by atoms with van der Waals surface area (Å²) < 4.78 is 37.3. The number of nitrogens with two attached hydrogens (primary N) is 1. The topological polar surface area (TPSA) is 128 Å². The summed E-state index contributed by atoms with van der Waals surface area (Å²) in [6.45, 7) is 18.6. The van der Waals surface area contributed by atoms with Gasteiger partial charge in [-0.1, -0.05) is 116 Å². The number of imidazole rings is 1. The van der Waals surface area contributed by atoms with Gasteiger partial charge in [-0.05, 0) is 68.5 Å². The Morgan fingerprint density at radius 3 is 2.22 bits per heavy atom. The minimum Gasteiger partial charge on any atom is -0.471 e. The van der Waals surface area contributed by atoms with Crippen LogP contribution in [0, 0.1) is 0 Å². The maximum absolute atomic E-state index is 7.47. The Balaban J connectivity index is 1.20. The van der Waals surface area contributed by atoms with Gasteiger partial charge in [0.25, 0.3) is 0 Å². The number of nitrogens with one attached hydrogen (secondary N) is 1. The molecule has 4 heterocycles. The molecule has 2 aliphatic heterocycles. The SMILES string of the molecule is CC(C)[Si]1(C(C)C)OC[C@H]2O[C@@H](n3c(Nc4ccc5c(c4)Cc4ccccc4-5)nc4c(OCc5ccccc5)nc(N)nc43)C[C@@H]2O[Si](C(C)C)(C(C)C)O1. The molecular formula is C42H54N6O5Si2. The van der Waals surface area contributed by atoms with Crippen LogP contribution in [-0.2, 0) is 30.7 Å². The predicted molar refractivity (Wildman–Crippen MR) is 221 cm³/mol. The van der Waals surface area contributed by atoms with E-state index in [4.69, 9.17) is 38.1 Å². The number of ether oxygens (including phenoxy) is 2. The standard InChI is InChI=1S/C42H54N6O5Si2/c1-25(2)54(26(3)4)50-24-36-35(52-55(53-54,27(5)6)28(7)8)22-37(51-36)48-39-38(40(47-41(43)46-39)49-23-29-14-10-9-11-15-29)45-42(48)44-32-18-19-34-31(21-32)20-30-16-12-13-17-33(30)34/h9-19,21,25-28,35-37H,20,22-24H2,1-8H3,(H,44,45)(H2,43,46,47)/t35-,36+,37+/m0/s1. The number of fused-ring (bicyclic) bond motifs is 5. The summed E-state index contributed by atoms with van der Waals surface area (Å²) in [5.74, 6) is 0.951. The fraction of sp³-hybridized carbons (Fsp3) is 0.452. The van der Waals surface area contributed by atoms with E-state index in [9.17, 15) is 0 Å². The summed E-state index contributed by atoms with van der Waals surface area (Å²) in [4.78, 5) is 14.4. The van der Waals surface area contributed by atoms with Crippen molar-refractivity contribution in [1.82, 2.24) is 19.5 Å². The van der Waals surface area contributed by atoms with Crippen LogP contribution in [0.15, 0.2) is 72.8 Å². The largest absolute Gasteiger partial charge is 0.471 e. The van der Waals surface area contributed by atoms with E-state index in [2.05, 4.69) is 108 Å². The first kappa shape index (κ1) is 37.8. The molecule has 2 fully saturated rings. The Labute approximate surface area is 326 Å². The van der Waals surface area contributed by atoms with Crippen molar-refractivity contribution < 1.29 is 22.4 Å². The molecule has 2 aromatic heterocycles. The molecule has 290 valence electrons. The zero-order valence-corrected chi connectivity index (χ0v) is 35.2. The Morgan fingerprint density at radius 1 is 0.800 bits per heavy atom. The van der Waals surface area contributed by atoms with E-state index in [0.717, 1.165) is 17.7 Å². The minimum atomic E-state index is -2.86. The third kappa shape index (κ3) is 6.78. The van der Waals surface area contributed by atoms with Crippen molar-refractivity contribution in [3.8, 4) is 17.0 Å². The van der Waals surface area contributed by atoms with E-state index in [1.165, 1.54) is 22.3 Å². The Kier molecular flexibility index (Phi) is 10.1. The van der Waals surface area contributed by atoms with Gasteiger partial charge in [0.1, 0.15) is 18.9 Å². The first-order valence-electron chi connectivity index (χ1n) is 19.8. The number of nitrogens with zero attached hydrogens (tertiary/aromatic N) is 4. The van der Waals surface area contributed by atoms with Gasteiger partial charge < -0.3 is 33.5 Å². The van der Waals surface area contributed by atoms with E-state index in [-0.39, 0.29) is 40.3 Å². The second-order valence-electron chi connectivity index (χ2n) is 16.5. The van der Waals surface area contributed by atoms with Crippen molar-refractivity contribution in [2.45, 2.75) is 115 Å². The lowest BCUT2D eigenvalue weighted by Gasteiger charge is -2.51. The summed E-state index contributed by atoms with van der Waals surface area (Å²) in [5, 5.41) is 3.64. The molecule has 3 aliphatic rings. The minimum absolute atomic E-state index is 0.0891. The molecule has 3 atom stereocenters. The summed E-state index contributed by atoms with van der Waals surface area (Å²) in [5.41, 5.74) is 15.3. The monoisotopic (exact) mass is 778 g/mol. The van der Waals surface area contributed by atoms with Crippen LogP contribution in [0.3, 0.4) is 0 Å². The van der Waals surface area contributed by atoms with Gasteiger partial charge in [-0.3, -0.25) is 4.57 Å². The van der Waals surface area contributed by atoms with Crippen LogP contribution in [0.25, 0.3) is 22.3 Å². The average Bonchev–Trinajstić information content (AvgIpc) is 3.82. The highest BCUT2D eigenvalue weighted by atomic mass is 28.5. The van der Waals surface area contributed by atoms with Gasteiger partial charge in [-0.2, -0.15) is 9.97 Å². The molecule has 0 bridgehead atoms. The number of hydrogen-bond donors (Lipinski definition) is 2. The third-order valence-corrected chi connectivity index (χ3v) is 21.9.